The van der Waals surface area contributed by atoms with Gasteiger partial charge in [-0.3, -0.25) is 4.79 Å². The lowest BCUT2D eigenvalue weighted by molar-refractivity contribution is -0.893. The first-order valence-corrected chi connectivity index (χ1v) is 10.3. The van der Waals surface area contributed by atoms with Crippen LogP contribution in [0.3, 0.4) is 0 Å². The molecule has 0 aliphatic rings. The molecule has 0 heterocycles. The quantitative estimate of drug-likeness (QED) is 0.249. The monoisotopic (exact) mass is 355 g/mol. The third-order valence-electron chi connectivity index (χ3n) is 4.62. The fraction of sp³-hybridized carbons (Fsp3) is 0.857. The summed E-state index contributed by atoms with van der Waals surface area (Å²) in [4.78, 5) is 11.8. The number of hydrogen-bond donors (Lipinski definition) is 2. The van der Waals surface area contributed by atoms with E-state index in [0.717, 1.165) is 56.2 Å². The number of rotatable bonds is 16. The van der Waals surface area contributed by atoms with Gasteiger partial charge in [0.25, 0.3) is 0 Å². The third-order valence-corrected chi connectivity index (χ3v) is 4.62. The number of quaternary nitrogens is 1. The topological polar surface area (TPSA) is 49.3 Å². The van der Waals surface area contributed by atoms with Crippen LogP contribution in [0.4, 0.5) is 0 Å². The standard InChI is InChI=1S/C21H42N2O2/c1-5-7-8-9-10-11-12-13-14-16-21(25)22-17-15-18-23(3,4)19-20(24)6-2/h7-8,20,24H,5-6,9-19H2,1-4H3/p+1/b8-7+. The Bertz CT molecular complexity index is 354. The minimum absolute atomic E-state index is 0.185. The molecule has 25 heavy (non-hydrogen) atoms. The van der Waals surface area contributed by atoms with Crippen LogP contribution in [0.5, 0.6) is 0 Å². The van der Waals surface area contributed by atoms with E-state index in [1.807, 2.05) is 6.92 Å². The molecule has 0 saturated carbocycles. The number of allylic oxidation sites excluding steroid dienone is 2. The molecule has 0 aromatic heterocycles. The molecule has 0 aliphatic carbocycles. The molecule has 1 atom stereocenters. The number of unbranched alkanes of at least 4 members (excludes halogenated alkanes) is 5. The van der Waals surface area contributed by atoms with E-state index in [4.69, 9.17) is 0 Å². The van der Waals surface area contributed by atoms with Crippen molar-refractivity contribution in [3.63, 3.8) is 0 Å². The zero-order valence-electron chi connectivity index (χ0n) is 17.2. The van der Waals surface area contributed by atoms with Crippen LogP contribution < -0.4 is 5.32 Å². The van der Waals surface area contributed by atoms with Gasteiger partial charge >= 0.3 is 0 Å². The normalized spacial score (nSPS) is 13.3. The summed E-state index contributed by atoms with van der Waals surface area (Å²) in [6.45, 7) is 6.67. The zero-order chi connectivity index (χ0) is 19.0. The summed E-state index contributed by atoms with van der Waals surface area (Å²) >= 11 is 0. The van der Waals surface area contributed by atoms with Crippen LogP contribution in [0.15, 0.2) is 12.2 Å². The van der Waals surface area contributed by atoms with Crippen molar-refractivity contribution >= 4 is 5.91 Å². The number of carbonyl (C=O) groups excluding carboxylic acids is 1. The molecule has 0 saturated heterocycles. The summed E-state index contributed by atoms with van der Waals surface area (Å²) in [6.07, 6.45) is 14.9. The number of nitrogens with zero attached hydrogens (tertiary/aromatic N) is 1. The molecule has 0 spiro atoms. The summed E-state index contributed by atoms with van der Waals surface area (Å²) in [5.41, 5.74) is 0. The van der Waals surface area contributed by atoms with Gasteiger partial charge in [0.1, 0.15) is 12.6 Å². The predicted molar refractivity (Wildman–Crippen MR) is 108 cm³/mol. The van der Waals surface area contributed by atoms with Crippen LogP contribution in [0.2, 0.25) is 0 Å². The number of likely N-dealkylation sites (N-methyl/N-ethyl adjacent to an activating group) is 1. The van der Waals surface area contributed by atoms with Crippen molar-refractivity contribution in [1.29, 1.82) is 0 Å². The fourth-order valence-electron chi connectivity index (χ4n) is 2.98. The van der Waals surface area contributed by atoms with Gasteiger partial charge < -0.3 is 14.9 Å². The minimum atomic E-state index is -0.229. The Balaban J connectivity index is 3.51. The lowest BCUT2D eigenvalue weighted by Gasteiger charge is -2.31. The van der Waals surface area contributed by atoms with Gasteiger partial charge in [-0.25, -0.2) is 0 Å². The smallest absolute Gasteiger partial charge is 0.219 e. The van der Waals surface area contributed by atoms with E-state index in [0.29, 0.717) is 6.42 Å². The molecule has 0 rings (SSSR count). The minimum Gasteiger partial charge on any atom is -0.387 e. The second kappa shape index (κ2) is 15.4. The van der Waals surface area contributed by atoms with E-state index in [1.54, 1.807) is 0 Å². The maximum Gasteiger partial charge on any atom is 0.219 e. The number of aliphatic hydroxyl groups excluding tert-OH is 1. The molecular weight excluding hydrogens is 312 g/mol. The molecule has 148 valence electrons. The summed E-state index contributed by atoms with van der Waals surface area (Å²) in [7, 11) is 4.28. The van der Waals surface area contributed by atoms with Crippen LogP contribution in [-0.4, -0.2) is 55.3 Å². The van der Waals surface area contributed by atoms with E-state index in [2.05, 4.69) is 38.5 Å². The molecule has 2 N–H and O–H groups in total. The molecule has 1 amide bonds. The Hall–Kier alpha value is -0.870. The largest absolute Gasteiger partial charge is 0.387 e. The van der Waals surface area contributed by atoms with Crippen molar-refractivity contribution in [2.75, 3.05) is 33.7 Å². The van der Waals surface area contributed by atoms with E-state index in [9.17, 15) is 9.90 Å². The molecule has 4 heteroatoms. The van der Waals surface area contributed by atoms with Crippen molar-refractivity contribution in [3.05, 3.63) is 12.2 Å². The van der Waals surface area contributed by atoms with Gasteiger partial charge in [-0.15, -0.1) is 0 Å². The van der Waals surface area contributed by atoms with Crippen LogP contribution in [0, 0.1) is 0 Å². The van der Waals surface area contributed by atoms with Gasteiger partial charge in [0.15, 0.2) is 0 Å². The molecule has 0 aromatic rings. The van der Waals surface area contributed by atoms with Gasteiger partial charge in [0.2, 0.25) is 5.91 Å². The highest BCUT2D eigenvalue weighted by Crippen LogP contribution is 2.08. The van der Waals surface area contributed by atoms with Crippen LogP contribution in [0.25, 0.3) is 0 Å². The molecular formula is C21H43N2O2+. The molecule has 0 bridgehead atoms. The Kier molecular flexibility index (Phi) is 14.9. The summed E-state index contributed by atoms with van der Waals surface area (Å²) in [5, 5.41) is 12.8. The number of aliphatic hydroxyl groups is 1. The first kappa shape index (κ1) is 24.1. The summed E-state index contributed by atoms with van der Waals surface area (Å²) in [5.74, 6) is 0.185. The van der Waals surface area contributed by atoms with Gasteiger partial charge in [-0.2, -0.15) is 0 Å². The zero-order valence-corrected chi connectivity index (χ0v) is 17.2. The number of amides is 1. The highest BCUT2D eigenvalue weighted by molar-refractivity contribution is 5.75. The summed E-state index contributed by atoms with van der Waals surface area (Å²) < 4.78 is 0.804. The molecule has 0 fully saturated rings. The van der Waals surface area contributed by atoms with Gasteiger partial charge in [-0.1, -0.05) is 45.3 Å². The van der Waals surface area contributed by atoms with E-state index < -0.39 is 0 Å². The summed E-state index contributed by atoms with van der Waals surface area (Å²) in [6, 6.07) is 0. The number of hydrogen-bond acceptors (Lipinski definition) is 2. The molecule has 4 nitrogen and oxygen atoms in total. The van der Waals surface area contributed by atoms with E-state index >= 15 is 0 Å². The average Bonchev–Trinajstić information content (AvgIpc) is 2.56. The van der Waals surface area contributed by atoms with E-state index in [1.165, 1.54) is 25.7 Å². The van der Waals surface area contributed by atoms with Gasteiger partial charge in [0.05, 0.1) is 20.6 Å². The maximum absolute atomic E-state index is 11.8. The number of carbonyl (C=O) groups is 1. The molecule has 0 aromatic carbocycles. The molecule has 0 radical (unpaired) electrons. The van der Waals surface area contributed by atoms with Crippen molar-refractivity contribution in [2.45, 2.75) is 84.2 Å². The van der Waals surface area contributed by atoms with Crippen molar-refractivity contribution in [2.24, 2.45) is 0 Å². The van der Waals surface area contributed by atoms with Crippen molar-refractivity contribution in [3.8, 4) is 0 Å². The second-order valence-corrected chi connectivity index (χ2v) is 7.79. The Labute approximate surface area is 156 Å². The Morgan fingerprint density at radius 3 is 2.40 bits per heavy atom. The fourth-order valence-corrected chi connectivity index (χ4v) is 2.98. The first-order chi connectivity index (χ1) is 11.9. The average molecular weight is 356 g/mol. The highest BCUT2D eigenvalue weighted by Gasteiger charge is 2.18. The van der Waals surface area contributed by atoms with Crippen molar-refractivity contribution in [1.82, 2.24) is 5.32 Å². The van der Waals surface area contributed by atoms with E-state index in [-0.39, 0.29) is 12.0 Å². The lowest BCUT2D eigenvalue weighted by atomic mass is 10.1. The maximum atomic E-state index is 11.8. The first-order valence-electron chi connectivity index (χ1n) is 10.3. The third kappa shape index (κ3) is 16.4. The lowest BCUT2D eigenvalue weighted by Crippen LogP contribution is -2.46. The highest BCUT2D eigenvalue weighted by atomic mass is 16.3. The Morgan fingerprint density at radius 2 is 1.72 bits per heavy atom. The second-order valence-electron chi connectivity index (χ2n) is 7.79. The van der Waals surface area contributed by atoms with Gasteiger partial charge in [0, 0.05) is 19.4 Å². The predicted octanol–water partition coefficient (Wildman–Crippen LogP) is 4.04. The van der Waals surface area contributed by atoms with Crippen molar-refractivity contribution < 1.29 is 14.4 Å². The van der Waals surface area contributed by atoms with Crippen LogP contribution in [-0.2, 0) is 4.79 Å². The van der Waals surface area contributed by atoms with Gasteiger partial charge in [-0.05, 0) is 32.1 Å². The molecule has 1 unspecified atom stereocenters. The number of nitrogens with one attached hydrogen (secondary N) is 1. The Morgan fingerprint density at radius 1 is 1.04 bits per heavy atom. The SMILES string of the molecule is CC/C=C/CCCCCCCC(=O)NCCC[N+](C)(C)CC(O)CC. The van der Waals surface area contributed by atoms with Crippen LogP contribution in [0.1, 0.15) is 78.1 Å². The van der Waals surface area contributed by atoms with Crippen LogP contribution >= 0.6 is 0 Å². The molecule has 0 aliphatic heterocycles.